The Morgan fingerprint density at radius 2 is 1.70 bits per heavy atom. The van der Waals surface area contributed by atoms with Gasteiger partial charge in [0, 0.05) is 26.3 Å². The summed E-state index contributed by atoms with van der Waals surface area (Å²) in [5, 5.41) is 7.52. The van der Waals surface area contributed by atoms with E-state index in [1.54, 1.807) is 13.3 Å². The molecule has 2 heterocycles. The molecule has 0 spiro atoms. The van der Waals surface area contributed by atoms with Gasteiger partial charge in [0.2, 0.25) is 0 Å². The van der Waals surface area contributed by atoms with Crippen molar-refractivity contribution in [2.75, 3.05) is 31.8 Å². The number of methoxy groups -OCH3 is 1. The Bertz CT molecular complexity index is 1600. The highest BCUT2D eigenvalue weighted by atomic mass is 16.5. The third kappa shape index (κ3) is 4.79. The van der Waals surface area contributed by atoms with E-state index in [2.05, 4.69) is 10.4 Å². The summed E-state index contributed by atoms with van der Waals surface area (Å²) in [5.41, 5.74) is 11.8. The number of carbonyl (C=O) groups is 1. The number of nitrogens with one attached hydrogen (secondary N) is 1. The quantitative estimate of drug-likeness (QED) is 0.331. The molecule has 0 aliphatic carbocycles. The molecule has 0 saturated carbocycles. The molecule has 0 unspecified atom stereocenters. The highest BCUT2D eigenvalue weighted by Gasteiger charge is 2.24. The third-order valence-corrected chi connectivity index (χ3v) is 6.04. The summed E-state index contributed by atoms with van der Waals surface area (Å²) < 4.78 is 6.67. The fourth-order valence-corrected chi connectivity index (χ4v) is 3.99. The Hall–Kier alpha value is -4.92. The lowest BCUT2D eigenvalue weighted by Crippen LogP contribution is -2.23. The number of carbonyl (C=O) groups excluding carboxylic acids is 1. The number of benzene rings is 3. The van der Waals surface area contributed by atoms with Crippen LogP contribution in [0.3, 0.4) is 0 Å². The summed E-state index contributed by atoms with van der Waals surface area (Å²) in [6.07, 6.45) is 1.69. The van der Waals surface area contributed by atoms with Gasteiger partial charge in [0.15, 0.2) is 5.65 Å². The molecule has 0 saturated heterocycles. The molecular formula is C28H27N7O2. The summed E-state index contributed by atoms with van der Waals surface area (Å²) in [6.45, 7) is 0.317. The topological polar surface area (TPSA) is 111 Å². The van der Waals surface area contributed by atoms with Gasteiger partial charge in [-0.05, 0) is 47.5 Å². The second-order valence-corrected chi connectivity index (χ2v) is 8.72. The minimum Gasteiger partial charge on any atom is -0.497 e. The van der Waals surface area contributed by atoms with Crippen LogP contribution in [0.1, 0.15) is 21.5 Å². The van der Waals surface area contributed by atoms with E-state index in [0.29, 0.717) is 28.7 Å². The Labute approximate surface area is 214 Å². The second-order valence-electron chi connectivity index (χ2n) is 8.72. The third-order valence-electron chi connectivity index (χ3n) is 6.04. The van der Waals surface area contributed by atoms with Gasteiger partial charge >= 0.3 is 0 Å². The van der Waals surface area contributed by atoms with Gasteiger partial charge in [-0.15, -0.1) is 0 Å². The van der Waals surface area contributed by atoms with Gasteiger partial charge < -0.3 is 20.7 Å². The van der Waals surface area contributed by atoms with Crippen LogP contribution in [0.15, 0.2) is 77.9 Å². The first kappa shape index (κ1) is 23.8. The largest absolute Gasteiger partial charge is 0.497 e. The van der Waals surface area contributed by atoms with Crippen molar-refractivity contribution in [3.63, 3.8) is 0 Å². The molecule has 5 aromatic rings. The highest BCUT2D eigenvalue weighted by molar-refractivity contribution is 6.10. The molecule has 2 aromatic heterocycles. The Morgan fingerprint density at radius 3 is 2.35 bits per heavy atom. The SMILES string of the molecule is COc1ccc(CNC(=O)c2c(N)n(/N=C\c3ccc(N(C)C)cc3)c3nc4ccccc4nc23)cc1. The maximum absolute atomic E-state index is 13.3. The fraction of sp³-hybridized carbons (Fsp3) is 0.143. The molecule has 0 fully saturated rings. The highest BCUT2D eigenvalue weighted by Crippen LogP contribution is 2.28. The van der Waals surface area contributed by atoms with Crippen LogP contribution in [-0.4, -0.2) is 48.0 Å². The van der Waals surface area contributed by atoms with Crippen LogP contribution >= 0.6 is 0 Å². The molecule has 186 valence electrons. The summed E-state index contributed by atoms with van der Waals surface area (Å²) >= 11 is 0. The molecule has 3 aromatic carbocycles. The smallest absolute Gasteiger partial charge is 0.257 e. The Morgan fingerprint density at radius 1 is 1.03 bits per heavy atom. The summed E-state index contributed by atoms with van der Waals surface area (Å²) in [6, 6.07) is 22.9. The van der Waals surface area contributed by atoms with Gasteiger partial charge in [-0.2, -0.15) is 9.78 Å². The van der Waals surface area contributed by atoms with Crippen molar-refractivity contribution < 1.29 is 9.53 Å². The maximum atomic E-state index is 13.3. The number of aromatic nitrogens is 3. The van der Waals surface area contributed by atoms with Crippen molar-refractivity contribution in [1.29, 1.82) is 0 Å². The normalized spacial score (nSPS) is 11.3. The lowest BCUT2D eigenvalue weighted by Gasteiger charge is -2.11. The lowest BCUT2D eigenvalue weighted by molar-refractivity contribution is 0.0953. The first-order valence-corrected chi connectivity index (χ1v) is 11.7. The van der Waals surface area contributed by atoms with Crippen molar-refractivity contribution >= 4 is 45.8 Å². The van der Waals surface area contributed by atoms with Gasteiger partial charge in [-0.1, -0.05) is 36.4 Å². The summed E-state index contributed by atoms with van der Waals surface area (Å²) in [4.78, 5) is 24.8. The van der Waals surface area contributed by atoms with E-state index in [9.17, 15) is 4.79 Å². The van der Waals surface area contributed by atoms with E-state index in [1.807, 2.05) is 91.8 Å². The van der Waals surface area contributed by atoms with E-state index in [4.69, 9.17) is 20.4 Å². The Kier molecular flexibility index (Phi) is 6.42. The molecule has 0 bridgehead atoms. The van der Waals surface area contributed by atoms with E-state index in [0.717, 1.165) is 22.6 Å². The maximum Gasteiger partial charge on any atom is 0.257 e. The van der Waals surface area contributed by atoms with Crippen LogP contribution in [-0.2, 0) is 6.54 Å². The lowest BCUT2D eigenvalue weighted by atomic mass is 10.2. The zero-order valence-corrected chi connectivity index (χ0v) is 20.8. The zero-order chi connectivity index (χ0) is 25.9. The number of hydrogen-bond donors (Lipinski definition) is 2. The van der Waals surface area contributed by atoms with Crippen molar-refractivity contribution in [1.82, 2.24) is 20.0 Å². The Balaban J connectivity index is 1.52. The van der Waals surface area contributed by atoms with Crippen molar-refractivity contribution in [3.05, 3.63) is 89.5 Å². The van der Waals surface area contributed by atoms with Crippen LogP contribution in [0.4, 0.5) is 11.5 Å². The molecule has 3 N–H and O–H groups in total. The van der Waals surface area contributed by atoms with Gasteiger partial charge in [-0.25, -0.2) is 9.97 Å². The number of nitrogens with two attached hydrogens (primary N) is 1. The van der Waals surface area contributed by atoms with Gasteiger partial charge in [0.25, 0.3) is 5.91 Å². The minimum absolute atomic E-state index is 0.165. The first-order chi connectivity index (χ1) is 17.9. The van der Waals surface area contributed by atoms with Crippen LogP contribution in [0, 0.1) is 0 Å². The van der Waals surface area contributed by atoms with E-state index >= 15 is 0 Å². The van der Waals surface area contributed by atoms with E-state index in [1.165, 1.54) is 4.68 Å². The first-order valence-electron chi connectivity index (χ1n) is 11.7. The van der Waals surface area contributed by atoms with Crippen LogP contribution in [0.2, 0.25) is 0 Å². The number of anilines is 2. The molecule has 0 aliphatic rings. The van der Waals surface area contributed by atoms with Gasteiger partial charge in [-0.3, -0.25) is 4.79 Å². The summed E-state index contributed by atoms with van der Waals surface area (Å²) in [7, 11) is 5.58. The minimum atomic E-state index is -0.354. The number of hydrogen-bond acceptors (Lipinski definition) is 7. The average Bonchev–Trinajstić information content (AvgIpc) is 3.19. The molecular weight excluding hydrogens is 466 g/mol. The van der Waals surface area contributed by atoms with Crippen LogP contribution in [0.5, 0.6) is 5.75 Å². The van der Waals surface area contributed by atoms with Gasteiger partial charge in [0.05, 0.1) is 24.4 Å². The number of nitrogens with zero attached hydrogens (tertiary/aromatic N) is 5. The predicted molar refractivity (Wildman–Crippen MR) is 147 cm³/mol. The molecule has 0 radical (unpaired) electrons. The monoisotopic (exact) mass is 493 g/mol. The average molecular weight is 494 g/mol. The number of para-hydroxylation sites is 2. The molecule has 5 rings (SSSR count). The summed E-state index contributed by atoms with van der Waals surface area (Å²) in [5.74, 6) is 0.560. The van der Waals surface area contributed by atoms with E-state index < -0.39 is 0 Å². The number of fused-ring (bicyclic) bond motifs is 2. The number of amides is 1. The zero-order valence-electron chi connectivity index (χ0n) is 20.8. The van der Waals surface area contributed by atoms with Crippen molar-refractivity contribution in [2.45, 2.75) is 6.54 Å². The number of ether oxygens (including phenoxy) is 1. The number of nitrogen functional groups attached to an aromatic ring is 1. The molecule has 37 heavy (non-hydrogen) atoms. The van der Waals surface area contributed by atoms with Gasteiger partial charge in [0.1, 0.15) is 22.6 Å². The van der Waals surface area contributed by atoms with Crippen molar-refractivity contribution in [3.8, 4) is 5.75 Å². The standard InChI is InChI=1S/C28H27N7O2/c1-34(2)20-12-8-19(9-13-20)17-31-35-26(29)24(25-27(35)33-23-7-5-4-6-22(23)32-25)28(36)30-16-18-10-14-21(37-3)15-11-18/h4-15,17H,16,29H2,1-3H3,(H,30,36)/b31-17-. The number of rotatable bonds is 7. The molecule has 0 atom stereocenters. The van der Waals surface area contributed by atoms with Crippen LogP contribution in [0.25, 0.3) is 22.2 Å². The molecule has 0 aliphatic heterocycles. The predicted octanol–water partition coefficient (Wildman–Crippen LogP) is 4.05. The molecule has 9 heteroatoms. The fourth-order valence-electron chi connectivity index (χ4n) is 3.99. The molecule has 1 amide bonds. The van der Waals surface area contributed by atoms with E-state index in [-0.39, 0.29) is 17.3 Å². The molecule has 9 nitrogen and oxygen atoms in total. The van der Waals surface area contributed by atoms with Crippen LogP contribution < -0.4 is 20.7 Å². The second kappa shape index (κ2) is 9.98. The van der Waals surface area contributed by atoms with Crippen molar-refractivity contribution in [2.24, 2.45) is 5.10 Å².